The molecule has 10 nitrogen and oxygen atoms in total. The van der Waals surface area contributed by atoms with Crippen LogP contribution in [-0.4, -0.2) is 43.5 Å². The fourth-order valence-corrected chi connectivity index (χ4v) is 6.61. The van der Waals surface area contributed by atoms with Gasteiger partial charge in [0.25, 0.3) is 10.2 Å². The molecule has 1 aromatic heterocycles. The number of amides is 2. The van der Waals surface area contributed by atoms with E-state index < -0.39 is 22.3 Å². The van der Waals surface area contributed by atoms with Gasteiger partial charge >= 0.3 is 29.6 Å². The van der Waals surface area contributed by atoms with Gasteiger partial charge in [0.05, 0.1) is 24.2 Å². The van der Waals surface area contributed by atoms with Crippen molar-refractivity contribution in [2.45, 2.75) is 64.0 Å². The van der Waals surface area contributed by atoms with E-state index in [9.17, 15) is 13.2 Å². The molecular formula is C23H27N6NaO4S. The summed E-state index contributed by atoms with van der Waals surface area (Å²) in [6, 6.07) is 2.92. The summed E-state index contributed by atoms with van der Waals surface area (Å²) in [4.78, 5) is 13.0. The molecule has 2 aromatic rings. The van der Waals surface area contributed by atoms with Crippen LogP contribution in [0.4, 0.5) is 16.2 Å². The normalized spacial score (nSPS) is 17.1. The molecule has 0 saturated carbocycles. The van der Waals surface area contributed by atoms with Gasteiger partial charge in [0.2, 0.25) is 0 Å². The van der Waals surface area contributed by atoms with Crippen molar-refractivity contribution in [3.8, 4) is 6.07 Å². The molecule has 1 aromatic carbocycles. The molecule has 180 valence electrons. The number of aromatic nitrogens is 2. The SMILES string of the molecule is N#CCn1cc(N(C2CCOCC2)S(=O)(=O)[N-]C(=O)Nc2c3c(cc4c2CCC4)CCC3)cn1.[Na+]. The van der Waals surface area contributed by atoms with Gasteiger partial charge in [-0.1, -0.05) is 6.07 Å². The van der Waals surface area contributed by atoms with Crippen molar-refractivity contribution >= 4 is 27.6 Å². The molecule has 0 spiro atoms. The molecule has 2 heterocycles. The van der Waals surface area contributed by atoms with Crippen LogP contribution in [0.1, 0.15) is 47.9 Å². The van der Waals surface area contributed by atoms with Crippen molar-refractivity contribution in [1.29, 1.82) is 5.26 Å². The minimum Gasteiger partial charge on any atom is -0.423 e. The average Bonchev–Trinajstić information content (AvgIpc) is 3.55. The molecule has 0 radical (unpaired) electrons. The molecule has 2 aliphatic carbocycles. The van der Waals surface area contributed by atoms with E-state index in [2.05, 4.69) is 21.2 Å². The number of carbonyl (C=O) groups excluding carboxylic acids is 1. The predicted octanol–water partition coefficient (Wildman–Crippen LogP) is 0.224. The van der Waals surface area contributed by atoms with E-state index in [-0.39, 0.29) is 41.8 Å². The van der Waals surface area contributed by atoms with Crippen LogP contribution in [0, 0.1) is 11.3 Å². The third-order valence-corrected chi connectivity index (χ3v) is 8.18. The van der Waals surface area contributed by atoms with Crippen molar-refractivity contribution < 1.29 is 47.5 Å². The van der Waals surface area contributed by atoms with Crippen LogP contribution < -0.4 is 39.2 Å². The summed E-state index contributed by atoms with van der Waals surface area (Å²) < 4.78 is 38.4. The van der Waals surface area contributed by atoms with Gasteiger partial charge in [-0.05, 0) is 79.3 Å². The number of nitrogens with zero attached hydrogens (tertiary/aromatic N) is 5. The van der Waals surface area contributed by atoms with E-state index >= 15 is 0 Å². The number of hydrogen-bond donors (Lipinski definition) is 1. The molecule has 1 aliphatic heterocycles. The molecule has 0 bridgehead atoms. The Morgan fingerprint density at radius 2 is 1.86 bits per heavy atom. The van der Waals surface area contributed by atoms with E-state index in [1.54, 1.807) is 0 Å². The molecule has 3 aliphatic rings. The smallest absolute Gasteiger partial charge is 0.423 e. The summed E-state index contributed by atoms with van der Waals surface area (Å²) in [7, 11) is -4.37. The first-order valence-corrected chi connectivity index (χ1v) is 13.1. The van der Waals surface area contributed by atoms with Crippen LogP contribution in [0.25, 0.3) is 4.72 Å². The van der Waals surface area contributed by atoms with Crippen LogP contribution in [0.3, 0.4) is 0 Å². The Morgan fingerprint density at radius 3 is 2.49 bits per heavy atom. The van der Waals surface area contributed by atoms with Gasteiger partial charge in [0.15, 0.2) is 6.03 Å². The zero-order valence-electron chi connectivity index (χ0n) is 19.9. The number of anilines is 2. The van der Waals surface area contributed by atoms with Gasteiger partial charge in [-0.3, -0.25) is 13.8 Å². The minimum absolute atomic E-state index is 0. The second kappa shape index (κ2) is 10.9. The van der Waals surface area contributed by atoms with Crippen LogP contribution in [0.2, 0.25) is 0 Å². The van der Waals surface area contributed by atoms with Crippen LogP contribution in [0.15, 0.2) is 18.5 Å². The van der Waals surface area contributed by atoms with Gasteiger partial charge in [-0.25, -0.2) is 8.42 Å². The first-order valence-electron chi connectivity index (χ1n) is 11.7. The van der Waals surface area contributed by atoms with Gasteiger partial charge in [0, 0.05) is 19.3 Å². The number of aryl methyl sites for hydroxylation is 2. The largest absolute Gasteiger partial charge is 1.00 e. The zero-order chi connectivity index (χ0) is 23.7. The van der Waals surface area contributed by atoms with Gasteiger partial charge < -0.3 is 14.8 Å². The molecule has 5 rings (SSSR count). The quantitative estimate of drug-likeness (QED) is 0.558. The van der Waals surface area contributed by atoms with E-state index in [0.29, 0.717) is 26.1 Å². The Hall–Kier alpha value is -2.10. The van der Waals surface area contributed by atoms with Crippen LogP contribution >= 0.6 is 0 Å². The summed E-state index contributed by atoms with van der Waals surface area (Å²) in [6.07, 6.45) is 9.57. The molecule has 1 saturated heterocycles. The summed E-state index contributed by atoms with van der Waals surface area (Å²) in [5, 5.41) is 15.8. The van der Waals surface area contributed by atoms with Crippen molar-refractivity contribution in [2.24, 2.45) is 0 Å². The Morgan fingerprint density at radius 1 is 1.20 bits per heavy atom. The maximum atomic E-state index is 13.4. The molecular weight excluding hydrogens is 479 g/mol. The molecule has 0 atom stereocenters. The molecule has 0 unspecified atom stereocenters. The predicted molar refractivity (Wildman–Crippen MR) is 126 cm³/mol. The van der Waals surface area contributed by atoms with Crippen molar-refractivity contribution in [1.82, 2.24) is 9.78 Å². The molecule has 35 heavy (non-hydrogen) atoms. The number of urea groups is 1. The van der Waals surface area contributed by atoms with Crippen LogP contribution in [-0.2, 0) is 47.2 Å². The maximum absolute atomic E-state index is 13.4. The Bertz CT molecular complexity index is 1220. The van der Waals surface area contributed by atoms with Gasteiger partial charge in [-0.2, -0.15) is 10.4 Å². The molecule has 12 heteroatoms. The fourth-order valence-electron chi connectivity index (χ4n) is 5.32. The number of nitrogens with one attached hydrogen (secondary N) is 1. The van der Waals surface area contributed by atoms with Gasteiger partial charge in [0.1, 0.15) is 6.54 Å². The van der Waals surface area contributed by atoms with Gasteiger partial charge in [-0.15, -0.1) is 0 Å². The summed E-state index contributed by atoms with van der Waals surface area (Å²) >= 11 is 0. The third kappa shape index (κ3) is 5.37. The number of ether oxygens (including phenoxy) is 1. The van der Waals surface area contributed by atoms with Crippen molar-refractivity contribution in [3.05, 3.63) is 45.4 Å². The van der Waals surface area contributed by atoms with Crippen molar-refractivity contribution in [3.63, 3.8) is 0 Å². The van der Waals surface area contributed by atoms with Crippen molar-refractivity contribution in [2.75, 3.05) is 22.8 Å². The number of hydrogen-bond acceptors (Lipinski definition) is 6. The Labute approximate surface area is 227 Å². The summed E-state index contributed by atoms with van der Waals surface area (Å²) in [5.41, 5.74) is 5.74. The number of fused-ring (bicyclic) bond motifs is 2. The molecule has 1 fully saturated rings. The Balaban J connectivity index is 0.00000289. The standard InChI is InChI=1S/C23H28N6O4S.Na/c24-9-10-28-15-19(14-25-28)29(18-7-11-33-12-8-18)34(31,32)27-23(30)26-22-20-5-1-3-16(20)13-17-4-2-6-21(17)22;/h13-15,18H,1-8,10-12H2,(H2,26,27,30);/q;+1/p-1. The second-order valence-corrected chi connectivity index (χ2v) is 10.4. The fraction of sp³-hybridized carbons (Fsp3) is 0.522. The number of rotatable bonds is 6. The zero-order valence-corrected chi connectivity index (χ0v) is 22.7. The summed E-state index contributed by atoms with van der Waals surface area (Å²) in [6.45, 7) is 0.818. The van der Waals surface area contributed by atoms with E-state index in [1.807, 2.05) is 6.07 Å². The van der Waals surface area contributed by atoms with Crippen LogP contribution in [0.5, 0.6) is 0 Å². The summed E-state index contributed by atoms with van der Waals surface area (Å²) in [5.74, 6) is 0. The Kier molecular flexibility index (Phi) is 8.08. The third-order valence-electron chi connectivity index (χ3n) is 6.78. The molecule has 2 amide bonds. The number of carbonyl (C=O) groups is 1. The first-order chi connectivity index (χ1) is 16.5. The van der Waals surface area contributed by atoms with E-state index in [1.165, 1.54) is 28.2 Å². The topological polar surface area (TPSA) is 131 Å². The first kappa shape index (κ1) is 26.0. The number of benzene rings is 1. The maximum Gasteiger partial charge on any atom is 1.00 e. The van der Waals surface area contributed by atoms with E-state index in [4.69, 9.17) is 10.00 Å². The second-order valence-electron chi connectivity index (χ2n) is 8.93. The monoisotopic (exact) mass is 506 g/mol. The van der Waals surface area contributed by atoms with E-state index in [0.717, 1.165) is 59.6 Å². The minimum atomic E-state index is -4.37. The average molecular weight is 507 g/mol. The molecule has 1 N–H and O–H groups in total. The number of nitriles is 1.